The first-order valence-corrected chi connectivity index (χ1v) is 11.2. The van der Waals surface area contributed by atoms with Crippen molar-refractivity contribution in [2.24, 2.45) is 7.05 Å². The third-order valence-corrected chi connectivity index (χ3v) is 7.68. The second-order valence-electron chi connectivity index (χ2n) is 6.89. The zero-order valence-electron chi connectivity index (χ0n) is 16.3. The number of halogens is 1. The summed E-state index contributed by atoms with van der Waals surface area (Å²) >= 11 is 3.41. The van der Waals surface area contributed by atoms with E-state index in [1.165, 1.54) is 28.2 Å². The molecule has 2 heterocycles. The van der Waals surface area contributed by atoms with Gasteiger partial charge in [-0.15, -0.1) is 0 Å². The summed E-state index contributed by atoms with van der Waals surface area (Å²) in [7, 11) is -1.15. The summed E-state index contributed by atoms with van der Waals surface area (Å²) in [5.41, 5.74) is 1.68. The molecule has 1 unspecified atom stereocenters. The number of ether oxygens (including phenoxy) is 1. The lowest BCUT2D eigenvalue weighted by Gasteiger charge is -2.23. The van der Waals surface area contributed by atoms with Gasteiger partial charge in [0.05, 0.1) is 7.11 Å². The number of hydrogen-bond acceptors (Lipinski definition) is 5. The number of rotatable bonds is 5. The minimum Gasteiger partial charge on any atom is -0.464 e. The molecular formula is C19H22BrN3O5S. The van der Waals surface area contributed by atoms with Crippen molar-refractivity contribution in [3.8, 4) is 0 Å². The predicted molar refractivity (Wildman–Crippen MR) is 111 cm³/mol. The number of benzene rings is 1. The number of methoxy groups -OCH3 is 1. The fraction of sp³-hybridized carbons (Fsp3) is 0.368. The van der Waals surface area contributed by atoms with Crippen LogP contribution in [0.25, 0.3) is 0 Å². The molecule has 2 aromatic rings. The molecule has 10 heteroatoms. The summed E-state index contributed by atoms with van der Waals surface area (Å²) in [4.78, 5) is 24.6. The Morgan fingerprint density at radius 3 is 2.66 bits per heavy atom. The van der Waals surface area contributed by atoms with Crippen molar-refractivity contribution < 1.29 is 22.7 Å². The van der Waals surface area contributed by atoms with Crippen LogP contribution in [0.4, 0.5) is 5.69 Å². The van der Waals surface area contributed by atoms with Crippen LogP contribution in [0, 0.1) is 6.92 Å². The van der Waals surface area contributed by atoms with Gasteiger partial charge in [-0.1, -0.05) is 15.9 Å². The smallest absolute Gasteiger partial charge is 0.354 e. The third kappa shape index (κ3) is 4.24. The topological polar surface area (TPSA) is 97.7 Å². The SMILES string of the molecule is COC(=O)c1cc(S(=O)(=O)N2CCCC2C(=O)Nc2ccc(Br)c(C)c2)cn1C. The zero-order valence-corrected chi connectivity index (χ0v) is 18.7. The van der Waals surface area contributed by atoms with Crippen LogP contribution in [-0.2, 0) is 26.6 Å². The van der Waals surface area contributed by atoms with Gasteiger partial charge in [0, 0.05) is 29.9 Å². The normalized spacial score (nSPS) is 17.3. The fourth-order valence-corrected chi connectivity index (χ4v) is 5.33. The van der Waals surface area contributed by atoms with Gasteiger partial charge < -0.3 is 14.6 Å². The maximum atomic E-state index is 13.2. The molecule has 0 spiro atoms. The van der Waals surface area contributed by atoms with E-state index < -0.39 is 22.0 Å². The summed E-state index contributed by atoms with van der Waals surface area (Å²) in [6.07, 6.45) is 2.36. The number of aryl methyl sites for hydroxylation is 2. The third-order valence-electron chi connectivity index (χ3n) is 4.91. The Morgan fingerprint density at radius 1 is 1.28 bits per heavy atom. The highest BCUT2D eigenvalue weighted by Crippen LogP contribution is 2.28. The molecule has 156 valence electrons. The van der Waals surface area contributed by atoms with Crippen molar-refractivity contribution in [3.63, 3.8) is 0 Å². The molecular weight excluding hydrogens is 462 g/mol. The van der Waals surface area contributed by atoms with Crippen molar-refractivity contribution in [3.05, 3.63) is 46.2 Å². The summed E-state index contributed by atoms with van der Waals surface area (Å²) in [5.74, 6) is -1.01. The molecule has 1 fully saturated rings. The largest absolute Gasteiger partial charge is 0.464 e. The summed E-state index contributed by atoms with van der Waals surface area (Å²) in [6.45, 7) is 2.14. The van der Waals surface area contributed by atoms with E-state index in [9.17, 15) is 18.0 Å². The maximum Gasteiger partial charge on any atom is 0.354 e. The van der Waals surface area contributed by atoms with Gasteiger partial charge in [0.25, 0.3) is 0 Å². The van der Waals surface area contributed by atoms with Crippen LogP contribution in [-0.4, -0.2) is 48.9 Å². The highest BCUT2D eigenvalue weighted by molar-refractivity contribution is 9.10. The molecule has 0 radical (unpaired) electrons. The fourth-order valence-electron chi connectivity index (χ4n) is 3.36. The number of nitrogens with one attached hydrogen (secondary N) is 1. The molecule has 1 aromatic carbocycles. The van der Waals surface area contributed by atoms with Gasteiger partial charge in [-0.3, -0.25) is 4.79 Å². The van der Waals surface area contributed by atoms with Crippen molar-refractivity contribution in [2.75, 3.05) is 19.0 Å². The lowest BCUT2D eigenvalue weighted by atomic mass is 10.2. The second kappa shape index (κ2) is 8.29. The summed E-state index contributed by atoms with van der Waals surface area (Å²) < 4.78 is 34.5. The van der Waals surface area contributed by atoms with Gasteiger partial charge in [0.15, 0.2) is 0 Å². The monoisotopic (exact) mass is 483 g/mol. The quantitative estimate of drug-likeness (QED) is 0.659. The van der Waals surface area contributed by atoms with Crippen molar-refractivity contribution in [2.45, 2.75) is 30.7 Å². The van der Waals surface area contributed by atoms with E-state index >= 15 is 0 Å². The molecule has 1 aliphatic heterocycles. The van der Waals surface area contributed by atoms with Gasteiger partial charge in [0.2, 0.25) is 15.9 Å². The summed E-state index contributed by atoms with van der Waals surface area (Å²) in [5, 5.41) is 2.80. The number of carbonyl (C=O) groups excluding carboxylic acids is 2. The Hall–Kier alpha value is -2.17. The average Bonchev–Trinajstić information content (AvgIpc) is 3.32. The van der Waals surface area contributed by atoms with Gasteiger partial charge in [-0.2, -0.15) is 4.31 Å². The van der Waals surface area contributed by atoms with E-state index in [2.05, 4.69) is 26.0 Å². The van der Waals surface area contributed by atoms with Crippen LogP contribution in [0.15, 0.2) is 39.8 Å². The first kappa shape index (κ1) is 21.5. The number of sulfonamides is 1. The van der Waals surface area contributed by atoms with Crippen LogP contribution >= 0.6 is 15.9 Å². The lowest BCUT2D eigenvalue weighted by molar-refractivity contribution is -0.119. The van der Waals surface area contributed by atoms with Crippen LogP contribution in [0.3, 0.4) is 0 Å². The molecule has 1 atom stereocenters. The van der Waals surface area contributed by atoms with E-state index in [1.54, 1.807) is 13.1 Å². The van der Waals surface area contributed by atoms with Crippen molar-refractivity contribution >= 4 is 43.5 Å². The number of esters is 1. The Kier molecular flexibility index (Phi) is 6.16. The standard InChI is InChI=1S/C19H22BrN3O5S/c1-12-9-13(6-7-15(12)20)21-18(24)16-5-4-8-23(16)29(26,27)14-10-17(19(25)28-3)22(2)11-14/h6-7,9-11,16H,4-5,8H2,1-3H3,(H,21,24). The number of hydrogen-bond donors (Lipinski definition) is 1. The first-order valence-electron chi connectivity index (χ1n) is 8.98. The van der Waals surface area contributed by atoms with Crippen molar-refractivity contribution in [1.82, 2.24) is 8.87 Å². The number of nitrogens with zero attached hydrogens (tertiary/aromatic N) is 2. The molecule has 8 nitrogen and oxygen atoms in total. The molecule has 0 aliphatic carbocycles. The highest BCUT2D eigenvalue weighted by atomic mass is 79.9. The first-order chi connectivity index (χ1) is 13.6. The molecule has 1 aliphatic rings. The second-order valence-corrected chi connectivity index (χ2v) is 9.64. The maximum absolute atomic E-state index is 13.2. The Bertz CT molecular complexity index is 1060. The molecule has 1 saturated heterocycles. The molecule has 1 N–H and O–H groups in total. The highest BCUT2D eigenvalue weighted by Gasteiger charge is 2.40. The lowest BCUT2D eigenvalue weighted by Crippen LogP contribution is -2.43. The predicted octanol–water partition coefficient (Wildman–Crippen LogP) is 2.67. The number of carbonyl (C=O) groups is 2. The van der Waals surface area contributed by atoms with E-state index in [-0.39, 0.29) is 23.0 Å². The molecule has 1 aromatic heterocycles. The van der Waals surface area contributed by atoms with E-state index in [0.717, 1.165) is 10.0 Å². The Morgan fingerprint density at radius 2 is 2.00 bits per heavy atom. The molecule has 0 bridgehead atoms. The van der Waals surface area contributed by atoms with Crippen molar-refractivity contribution in [1.29, 1.82) is 0 Å². The van der Waals surface area contributed by atoms with E-state index in [1.807, 2.05) is 19.1 Å². The number of aromatic nitrogens is 1. The minimum absolute atomic E-state index is 0.0420. The zero-order chi connectivity index (χ0) is 21.3. The Labute approximate surface area is 178 Å². The molecule has 3 rings (SSSR count). The molecule has 1 amide bonds. The van der Waals surface area contributed by atoms with E-state index in [0.29, 0.717) is 18.5 Å². The molecule has 0 saturated carbocycles. The minimum atomic E-state index is -3.95. The van der Waals surface area contributed by atoms with Crippen LogP contribution in [0.2, 0.25) is 0 Å². The molecule has 29 heavy (non-hydrogen) atoms. The van der Waals surface area contributed by atoms with Gasteiger partial charge >= 0.3 is 5.97 Å². The summed E-state index contributed by atoms with van der Waals surface area (Å²) in [6, 6.07) is 5.85. The number of amides is 1. The van der Waals surface area contributed by atoms with Gasteiger partial charge in [-0.05, 0) is 49.6 Å². The van der Waals surface area contributed by atoms with Gasteiger partial charge in [-0.25, -0.2) is 13.2 Å². The van der Waals surface area contributed by atoms with Crippen LogP contribution in [0.5, 0.6) is 0 Å². The van der Waals surface area contributed by atoms with E-state index in [4.69, 9.17) is 0 Å². The average molecular weight is 484 g/mol. The van der Waals surface area contributed by atoms with Crippen LogP contribution < -0.4 is 5.32 Å². The van der Waals surface area contributed by atoms with Crippen LogP contribution in [0.1, 0.15) is 28.9 Å². The number of anilines is 1. The Balaban J connectivity index is 1.84. The van der Waals surface area contributed by atoms with Gasteiger partial charge in [0.1, 0.15) is 16.6 Å².